The minimum Gasteiger partial charge on any atom is -0.488 e. The van der Waals surface area contributed by atoms with E-state index in [9.17, 15) is 9.59 Å². The van der Waals surface area contributed by atoms with E-state index in [0.29, 0.717) is 16.9 Å². The molecule has 2 aromatic carbocycles. The van der Waals surface area contributed by atoms with Gasteiger partial charge in [0, 0.05) is 18.1 Å². The van der Waals surface area contributed by atoms with Crippen LogP contribution in [-0.4, -0.2) is 12.3 Å². The van der Waals surface area contributed by atoms with Crippen LogP contribution in [0.25, 0.3) is 0 Å². The van der Waals surface area contributed by atoms with Crippen LogP contribution in [0.2, 0.25) is 0 Å². The third kappa shape index (κ3) is 4.51. The lowest BCUT2D eigenvalue weighted by Gasteiger charge is -2.24. The Kier molecular flexibility index (Phi) is 5.86. The van der Waals surface area contributed by atoms with Crippen LogP contribution in [0.15, 0.2) is 30.3 Å². The number of esters is 1. The summed E-state index contributed by atoms with van der Waals surface area (Å²) in [5.41, 5.74) is 3.90. The molecule has 4 heteroatoms. The highest BCUT2D eigenvalue weighted by Gasteiger charge is 2.22. The highest BCUT2D eigenvalue weighted by molar-refractivity contribution is 5.81. The van der Waals surface area contributed by atoms with Gasteiger partial charge in [-0.3, -0.25) is 9.59 Å². The summed E-state index contributed by atoms with van der Waals surface area (Å²) in [5.74, 6) is 0.831. The van der Waals surface area contributed by atoms with E-state index < -0.39 is 5.97 Å². The molecular formula is C22H26O4. The second kappa shape index (κ2) is 7.73. The molecule has 4 nitrogen and oxygen atoms in total. The Bertz CT molecular complexity index is 809. The number of aldehydes is 1. The van der Waals surface area contributed by atoms with Crippen LogP contribution in [0.4, 0.5) is 0 Å². The van der Waals surface area contributed by atoms with Gasteiger partial charge in [0.1, 0.15) is 18.1 Å². The number of hydrogen-bond donors (Lipinski definition) is 0. The first kappa shape index (κ1) is 19.7. The molecule has 2 aromatic rings. The second-order valence-electron chi connectivity index (χ2n) is 7.51. The van der Waals surface area contributed by atoms with E-state index in [-0.39, 0.29) is 12.0 Å². The van der Waals surface area contributed by atoms with Crippen molar-refractivity contribution in [1.82, 2.24) is 0 Å². The molecule has 138 valence electrons. The highest BCUT2D eigenvalue weighted by Crippen LogP contribution is 2.33. The zero-order valence-electron chi connectivity index (χ0n) is 16.3. The van der Waals surface area contributed by atoms with Crippen molar-refractivity contribution < 1.29 is 19.1 Å². The molecule has 0 bridgehead atoms. The van der Waals surface area contributed by atoms with E-state index in [4.69, 9.17) is 9.47 Å². The molecule has 0 radical (unpaired) electrons. The summed E-state index contributed by atoms with van der Waals surface area (Å²) >= 11 is 0. The maximum atomic E-state index is 11.8. The standard InChI is InChI=1S/C22H26O4/c1-14-8-7-9-15(2)21(14)25-13-17-10-18(26-16(3)24)11-20(19(17)12-23)22(4,5)6/h7-12H,13H2,1-6H3. The van der Waals surface area contributed by atoms with Gasteiger partial charge in [0.15, 0.2) is 6.29 Å². The Morgan fingerprint density at radius 2 is 1.73 bits per heavy atom. The lowest BCUT2D eigenvalue weighted by atomic mass is 9.82. The predicted octanol–water partition coefficient (Wildman–Crippen LogP) is 4.92. The topological polar surface area (TPSA) is 52.6 Å². The summed E-state index contributed by atoms with van der Waals surface area (Å²) < 4.78 is 11.3. The summed E-state index contributed by atoms with van der Waals surface area (Å²) in [7, 11) is 0. The fourth-order valence-electron chi connectivity index (χ4n) is 2.96. The SMILES string of the molecule is CC(=O)Oc1cc(COc2c(C)cccc2C)c(C=O)c(C(C)(C)C)c1. The van der Waals surface area contributed by atoms with Gasteiger partial charge in [-0.2, -0.15) is 0 Å². The first-order valence-electron chi connectivity index (χ1n) is 8.63. The Labute approximate surface area is 155 Å². The highest BCUT2D eigenvalue weighted by atomic mass is 16.5. The van der Waals surface area contributed by atoms with Crippen molar-refractivity contribution in [3.05, 3.63) is 58.1 Å². The van der Waals surface area contributed by atoms with Crippen molar-refractivity contribution in [2.75, 3.05) is 0 Å². The summed E-state index contributed by atoms with van der Waals surface area (Å²) in [6.45, 7) is 11.6. The van der Waals surface area contributed by atoms with Gasteiger partial charge in [-0.25, -0.2) is 0 Å². The average molecular weight is 354 g/mol. The predicted molar refractivity (Wildman–Crippen MR) is 102 cm³/mol. The fourth-order valence-corrected chi connectivity index (χ4v) is 2.96. The molecule has 0 fully saturated rings. The number of hydrogen-bond acceptors (Lipinski definition) is 4. The third-order valence-electron chi connectivity index (χ3n) is 4.21. The number of carbonyl (C=O) groups excluding carboxylic acids is 2. The van der Waals surface area contributed by atoms with E-state index in [1.54, 1.807) is 12.1 Å². The Morgan fingerprint density at radius 1 is 1.12 bits per heavy atom. The van der Waals surface area contributed by atoms with Gasteiger partial charge in [-0.15, -0.1) is 0 Å². The van der Waals surface area contributed by atoms with Crippen LogP contribution in [0.5, 0.6) is 11.5 Å². The molecule has 0 aliphatic rings. The minimum atomic E-state index is -0.398. The van der Waals surface area contributed by atoms with Gasteiger partial charge in [0.2, 0.25) is 0 Å². The number of para-hydroxylation sites is 1. The van der Waals surface area contributed by atoms with Gasteiger partial charge in [0.25, 0.3) is 0 Å². The normalized spacial score (nSPS) is 11.2. The lowest BCUT2D eigenvalue weighted by Crippen LogP contribution is -2.17. The van der Waals surface area contributed by atoms with Crippen LogP contribution < -0.4 is 9.47 Å². The molecule has 0 atom stereocenters. The van der Waals surface area contributed by atoms with Gasteiger partial charge >= 0.3 is 5.97 Å². The Morgan fingerprint density at radius 3 is 2.23 bits per heavy atom. The smallest absolute Gasteiger partial charge is 0.308 e. The van der Waals surface area contributed by atoms with Crippen molar-refractivity contribution in [3.8, 4) is 11.5 Å². The van der Waals surface area contributed by atoms with Gasteiger partial charge in [0.05, 0.1) is 0 Å². The molecular weight excluding hydrogens is 328 g/mol. The van der Waals surface area contributed by atoms with Gasteiger partial charge in [-0.05, 0) is 48.1 Å². The van der Waals surface area contributed by atoms with Gasteiger partial charge < -0.3 is 9.47 Å². The number of carbonyl (C=O) groups is 2. The van der Waals surface area contributed by atoms with Gasteiger partial charge in [-0.1, -0.05) is 39.0 Å². The summed E-state index contributed by atoms with van der Waals surface area (Å²) in [6, 6.07) is 9.41. The van der Waals surface area contributed by atoms with E-state index >= 15 is 0 Å². The molecule has 0 aromatic heterocycles. The summed E-state index contributed by atoms with van der Waals surface area (Å²) in [4.78, 5) is 23.2. The van der Waals surface area contributed by atoms with E-state index in [0.717, 1.165) is 28.7 Å². The molecule has 0 aliphatic heterocycles. The molecule has 0 unspecified atom stereocenters. The fraction of sp³-hybridized carbons (Fsp3) is 0.364. The Hall–Kier alpha value is -2.62. The minimum absolute atomic E-state index is 0.220. The van der Waals surface area contributed by atoms with Crippen molar-refractivity contribution in [3.63, 3.8) is 0 Å². The molecule has 2 rings (SSSR count). The zero-order valence-corrected chi connectivity index (χ0v) is 16.3. The van der Waals surface area contributed by atoms with Crippen molar-refractivity contribution in [2.24, 2.45) is 0 Å². The van der Waals surface area contributed by atoms with E-state index in [1.165, 1.54) is 6.92 Å². The largest absolute Gasteiger partial charge is 0.488 e. The lowest BCUT2D eigenvalue weighted by molar-refractivity contribution is -0.131. The maximum absolute atomic E-state index is 11.8. The quantitative estimate of drug-likeness (QED) is 0.434. The van der Waals surface area contributed by atoms with Crippen LogP contribution >= 0.6 is 0 Å². The van der Waals surface area contributed by atoms with E-state index in [2.05, 4.69) is 0 Å². The van der Waals surface area contributed by atoms with E-state index in [1.807, 2.05) is 52.8 Å². The number of benzene rings is 2. The average Bonchev–Trinajstić information content (AvgIpc) is 2.52. The molecule has 0 saturated heterocycles. The zero-order chi connectivity index (χ0) is 19.5. The van der Waals surface area contributed by atoms with Crippen molar-refractivity contribution >= 4 is 12.3 Å². The van der Waals surface area contributed by atoms with Crippen LogP contribution in [0.3, 0.4) is 0 Å². The Balaban J connectivity index is 2.48. The summed E-state index contributed by atoms with van der Waals surface area (Å²) in [5, 5.41) is 0. The number of rotatable bonds is 5. The molecule has 0 N–H and O–H groups in total. The first-order chi connectivity index (χ1) is 12.1. The van der Waals surface area contributed by atoms with Crippen LogP contribution in [0, 0.1) is 13.8 Å². The maximum Gasteiger partial charge on any atom is 0.308 e. The van der Waals surface area contributed by atoms with Crippen molar-refractivity contribution in [1.29, 1.82) is 0 Å². The third-order valence-corrected chi connectivity index (χ3v) is 4.21. The number of aryl methyl sites for hydroxylation is 2. The molecule has 0 heterocycles. The monoisotopic (exact) mass is 354 g/mol. The number of ether oxygens (including phenoxy) is 2. The molecule has 0 spiro atoms. The van der Waals surface area contributed by atoms with Crippen molar-refractivity contribution in [2.45, 2.75) is 53.6 Å². The molecule has 0 amide bonds. The molecule has 0 saturated carbocycles. The van der Waals surface area contributed by atoms with Crippen LogP contribution in [-0.2, 0) is 16.8 Å². The molecule has 26 heavy (non-hydrogen) atoms. The first-order valence-corrected chi connectivity index (χ1v) is 8.63. The van der Waals surface area contributed by atoms with Crippen LogP contribution in [0.1, 0.15) is 60.3 Å². The second-order valence-corrected chi connectivity index (χ2v) is 7.51. The molecule has 0 aliphatic carbocycles. The summed E-state index contributed by atoms with van der Waals surface area (Å²) in [6.07, 6.45) is 0.849.